The van der Waals surface area contributed by atoms with Crippen molar-refractivity contribution in [2.75, 3.05) is 13.2 Å². The largest absolute Gasteiger partial charge is 0.353 e. The third-order valence-electron chi connectivity index (χ3n) is 3.65. The van der Waals surface area contributed by atoms with Crippen LogP contribution in [0.2, 0.25) is 0 Å². The second kappa shape index (κ2) is 11.6. The SMILES string of the molecule is CCOC(C)OC(C[C@H](CC)OC(C)OCC)c1ccccc1. The van der Waals surface area contributed by atoms with Crippen LogP contribution in [0.15, 0.2) is 30.3 Å². The minimum atomic E-state index is -0.243. The van der Waals surface area contributed by atoms with Crippen LogP contribution in [0.5, 0.6) is 0 Å². The highest BCUT2D eigenvalue weighted by atomic mass is 16.7. The summed E-state index contributed by atoms with van der Waals surface area (Å²) in [7, 11) is 0. The molecule has 3 unspecified atom stereocenters. The molecule has 0 saturated carbocycles. The first kappa shape index (κ1) is 20.1. The van der Waals surface area contributed by atoms with Crippen molar-refractivity contribution >= 4 is 0 Å². The van der Waals surface area contributed by atoms with Crippen molar-refractivity contribution in [3.05, 3.63) is 35.9 Å². The highest BCUT2D eigenvalue weighted by Gasteiger charge is 2.22. The fraction of sp³-hybridized carbons (Fsp3) is 0.684. The lowest BCUT2D eigenvalue weighted by Gasteiger charge is -2.28. The van der Waals surface area contributed by atoms with E-state index >= 15 is 0 Å². The molecule has 4 heteroatoms. The van der Waals surface area contributed by atoms with Gasteiger partial charge < -0.3 is 18.9 Å². The summed E-state index contributed by atoms with van der Waals surface area (Å²) in [6.45, 7) is 11.2. The van der Waals surface area contributed by atoms with Crippen molar-refractivity contribution in [3.8, 4) is 0 Å². The normalized spacial score (nSPS) is 16.7. The minimum absolute atomic E-state index is 0.0588. The van der Waals surface area contributed by atoms with Gasteiger partial charge in [-0.05, 0) is 39.7 Å². The maximum Gasteiger partial charge on any atom is 0.155 e. The minimum Gasteiger partial charge on any atom is -0.353 e. The molecule has 0 bridgehead atoms. The van der Waals surface area contributed by atoms with Crippen LogP contribution in [0, 0.1) is 0 Å². The van der Waals surface area contributed by atoms with Gasteiger partial charge in [0.25, 0.3) is 0 Å². The molecule has 1 aromatic rings. The third-order valence-corrected chi connectivity index (χ3v) is 3.65. The first-order chi connectivity index (χ1) is 11.1. The average molecular weight is 324 g/mol. The van der Waals surface area contributed by atoms with Crippen LogP contribution < -0.4 is 0 Å². The van der Waals surface area contributed by atoms with Gasteiger partial charge in [0, 0.05) is 19.6 Å². The Balaban J connectivity index is 2.74. The Morgan fingerprint density at radius 1 is 0.826 bits per heavy atom. The Hall–Kier alpha value is -0.940. The van der Waals surface area contributed by atoms with E-state index in [2.05, 4.69) is 19.1 Å². The molecule has 0 saturated heterocycles. The Kier molecular flexibility index (Phi) is 10.1. The molecule has 0 spiro atoms. The van der Waals surface area contributed by atoms with E-state index in [1.165, 1.54) is 0 Å². The lowest BCUT2D eigenvalue weighted by molar-refractivity contribution is -0.190. The van der Waals surface area contributed by atoms with Gasteiger partial charge in [0.1, 0.15) is 0 Å². The Labute approximate surface area is 141 Å². The average Bonchev–Trinajstić information content (AvgIpc) is 2.54. The van der Waals surface area contributed by atoms with E-state index in [1.807, 2.05) is 45.9 Å². The van der Waals surface area contributed by atoms with E-state index in [0.29, 0.717) is 13.2 Å². The fourth-order valence-corrected chi connectivity index (χ4v) is 2.55. The van der Waals surface area contributed by atoms with E-state index in [-0.39, 0.29) is 24.8 Å². The van der Waals surface area contributed by atoms with Gasteiger partial charge in [-0.1, -0.05) is 37.3 Å². The fourth-order valence-electron chi connectivity index (χ4n) is 2.55. The second-order valence-corrected chi connectivity index (χ2v) is 5.48. The molecular formula is C19H32O4. The molecule has 0 amide bonds. The molecule has 23 heavy (non-hydrogen) atoms. The maximum atomic E-state index is 6.11. The molecule has 0 aliphatic carbocycles. The van der Waals surface area contributed by atoms with Gasteiger partial charge in [0.15, 0.2) is 12.6 Å². The standard InChI is InChI=1S/C19H32O4/c1-6-18(22-15(4)20-7-2)14-19(23-16(5)21-8-3)17-12-10-9-11-13-17/h9-13,15-16,18-19H,6-8,14H2,1-5H3/t15?,16?,18-,19?/m0/s1. The highest BCUT2D eigenvalue weighted by molar-refractivity contribution is 5.17. The molecule has 0 heterocycles. The molecule has 0 aliphatic rings. The summed E-state index contributed by atoms with van der Waals surface area (Å²) >= 11 is 0. The third kappa shape index (κ3) is 7.93. The Morgan fingerprint density at radius 2 is 1.39 bits per heavy atom. The molecule has 0 fully saturated rings. The van der Waals surface area contributed by atoms with Crippen molar-refractivity contribution < 1.29 is 18.9 Å². The molecule has 0 N–H and O–H groups in total. The van der Waals surface area contributed by atoms with Crippen molar-refractivity contribution in [2.45, 2.75) is 72.2 Å². The first-order valence-electron chi connectivity index (χ1n) is 8.69. The predicted octanol–water partition coefficient (Wildman–Crippen LogP) is 4.69. The lowest BCUT2D eigenvalue weighted by Crippen LogP contribution is -2.26. The van der Waals surface area contributed by atoms with Crippen molar-refractivity contribution in [1.82, 2.24) is 0 Å². The van der Waals surface area contributed by atoms with Gasteiger partial charge in [0.2, 0.25) is 0 Å². The van der Waals surface area contributed by atoms with E-state index in [0.717, 1.165) is 18.4 Å². The topological polar surface area (TPSA) is 36.9 Å². The zero-order valence-electron chi connectivity index (χ0n) is 15.2. The number of rotatable bonds is 12. The lowest BCUT2D eigenvalue weighted by atomic mass is 10.0. The maximum absolute atomic E-state index is 6.11. The summed E-state index contributed by atoms with van der Waals surface area (Å²) < 4.78 is 23.1. The smallest absolute Gasteiger partial charge is 0.155 e. The van der Waals surface area contributed by atoms with Crippen LogP contribution in [-0.4, -0.2) is 31.9 Å². The van der Waals surface area contributed by atoms with Crippen molar-refractivity contribution in [2.24, 2.45) is 0 Å². The predicted molar refractivity (Wildman–Crippen MR) is 92.2 cm³/mol. The zero-order valence-corrected chi connectivity index (χ0v) is 15.2. The van der Waals surface area contributed by atoms with Gasteiger partial charge in [-0.3, -0.25) is 0 Å². The van der Waals surface area contributed by atoms with Crippen LogP contribution in [0.3, 0.4) is 0 Å². The zero-order chi connectivity index (χ0) is 17.1. The number of hydrogen-bond donors (Lipinski definition) is 0. The summed E-state index contributed by atoms with van der Waals surface area (Å²) in [6, 6.07) is 10.2. The monoisotopic (exact) mass is 324 g/mol. The quantitative estimate of drug-likeness (QED) is 0.522. The van der Waals surface area contributed by atoms with Gasteiger partial charge in [0.05, 0.1) is 12.2 Å². The number of ether oxygens (including phenoxy) is 4. The van der Waals surface area contributed by atoms with Gasteiger partial charge in [-0.25, -0.2) is 0 Å². The van der Waals surface area contributed by atoms with Gasteiger partial charge in [-0.2, -0.15) is 0 Å². The van der Waals surface area contributed by atoms with E-state index in [4.69, 9.17) is 18.9 Å². The van der Waals surface area contributed by atoms with E-state index in [9.17, 15) is 0 Å². The second-order valence-electron chi connectivity index (χ2n) is 5.48. The molecule has 4 atom stereocenters. The molecule has 132 valence electrons. The van der Waals surface area contributed by atoms with E-state index < -0.39 is 0 Å². The van der Waals surface area contributed by atoms with Crippen molar-refractivity contribution in [3.63, 3.8) is 0 Å². The molecule has 1 rings (SSSR count). The summed E-state index contributed by atoms with van der Waals surface area (Å²) in [6.07, 6.45) is 1.26. The Morgan fingerprint density at radius 3 is 1.91 bits per heavy atom. The summed E-state index contributed by atoms with van der Waals surface area (Å²) in [5, 5.41) is 0. The summed E-state index contributed by atoms with van der Waals surface area (Å²) in [4.78, 5) is 0. The number of benzene rings is 1. The van der Waals surface area contributed by atoms with Crippen LogP contribution >= 0.6 is 0 Å². The molecule has 0 aliphatic heterocycles. The number of hydrogen-bond acceptors (Lipinski definition) is 4. The summed E-state index contributed by atoms with van der Waals surface area (Å²) in [5.74, 6) is 0. The highest BCUT2D eigenvalue weighted by Crippen LogP contribution is 2.27. The van der Waals surface area contributed by atoms with Gasteiger partial charge >= 0.3 is 0 Å². The van der Waals surface area contributed by atoms with Crippen LogP contribution in [0.4, 0.5) is 0 Å². The molecular weight excluding hydrogens is 292 g/mol. The van der Waals surface area contributed by atoms with Gasteiger partial charge in [-0.15, -0.1) is 0 Å². The first-order valence-corrected chi connectivity index (χ1v) is 8.69. The van der Waals surface area contributed by atoms with Crippen molar-refractivity contribution in [1.29, 1.82) is 0 Å². The van der Waals surface area contributed by atoms with E-state index in [1.54, 1.807) is 0 Å². The summed E-state index contributed by atoms with van der Waals surface area (Å²) in [5.41, 5.74) is 1.14. The molecule has 1 aromatic carbocycles. The molecule has 0 radical (unpaired) electrons. The van der Waals surface area contributed by atoms with Crippen LogP contribution in [-0.2, 0) is 18.9 Å². The Bertz CT molecular complexity index is 396. The van der Waals surface area contributed by atoms with Crippen LogP contribution in [0.25, 0.3) is 0 Å². The van der Waals surface area contributed by atoms with Crippen LogP contribution in [0.1, 0.15) is 59.1 Å². The molecule has 0 aromatic heterocycles. The molecule has 4 nitrogen and oxygen atoms in total.